The van der Waals surface area contributed by atoms with Gasteiger partial charge in [-0.2, -0.15) is 0 Å². The Bertz CT molecular complexity index is 2420. The summed E-state index contributed by atoms with van der Waals surface area (Å²) in [5.74, 6) is -1.30. The summed E-state index contributed by atoms with van der Waals surface area (Å²) in [7, 11) is 1.49. The van der Waals surface area contributed by atoms with Gasteiger partial charge in [0.15, 0.2) is 0 Å². The molecule has 4 aromatic rings. The van der Waals surface area contributed by atoms with Gasteiger partial charge in [-0.1, -0.05) is 48.3 Å². The van der Waals surface area contributed by atoms with Crippen molar-refractivity contribution in [3.05, 3.63) is 159 Å². The van der Waals surface area contributed by atoms with Crippen molar-refractivity contribution in [2.75, 3.05) is 26.9 Å². The second kappa shape index (κ2) is 21.2. The monoisotopic (exact) mass is 887 g/mol. The number of nitro benzene ring substituents is 1. The van der Waals surface area contributed by atoms with Crippen molar-refractivity contribution >= 4 is 23.4 Å². The molecule has 0 spiro atoms. The zero-order valence-corrected chi connectivity index (χ0v) is 37.2. The molecule has 65 heavy (non-hydrogen) atoms. The number of unbranched alkanes of at least 4 members (excludes halogenated alkanes) is 2. The number of hydrogen-bond acceptors (Lipinski definition) is 10. The van der Waals surface area contributed by atoms with Crippen molar-refractivity contribution in [3.8, 4) is 17.2 Å². The Morgan fingerprint density at radius 2 is 1.68 bits per heavy atom. The Labute approximate surface area is 379 Å². The van der Waals surface area contributed by atoms with Crippen LogP contribution in [0.5, 0.6) is 17.2 Å². The number of fused-ring (bicyclic) bond motifs is 2. The predicted octanol–water partition coefficient (Wildman–Crippen LogP) is 10.1. The van der Waals surface area contributed by atoms with Crippen molar-refractivity contribution < 1.29 is 43.4 Å². The molecule has 2 aliphatic carbocycles. The quantitative estimate of drug-likeness (QED) is 0.0290. The number of non-ortho nitro benzene ring substituents is 1. The van der Waals surface area contributed by atoms with E-state index in [1.807, 2.05) is 43.3 Å². The summed E-state index contributed by atoms with van der Waals surface area (Å²) in [6.07, 6.45) is 11.5. The van der Waals surface area contributed by atoms with Crippen molar-refractivity contribution in [1.29, 1.82) is 0 Å². The minimum atomic E-state index is -1.54. The van der Waals surface area contributed by atoms with Crippen LogP contribution in [0.25, 0.3) is 6.08 Å². The lowest BCUT2D eigenvalue weighted by molar-refractivity contribution is -0.384. The zero-order valence-electron chi connectivity index (χ0n) is 37.2. The van der Waals surface area contributed by atoms with E-state index in [-0.39, 0.29) is 56.2 Å². The molecule has 1 heterocycles. The first kappa shape index (κ1) is 46.8. The number of nitro groups is 1. The Kier molecular flexibility index (Phi) is 15.3. The molecule has 1 amide bonds. The van der Waals surface area contributed by atoms with Crippen LogP contribution in [-0.4, -0.2) is 70.4 Å². The fourth-order valence-electron chi connectivity index (χ4n) is 9.83. The second-order valence-electron chi connectivity index (χ2n) is 17.1. The second-order valence-corrected chi connectivity index (χ2v) is 17.1. The number of carbonyl (C=O) groups excluding carboxylic acids is 1. The normalized spacial score (nSPS) is 22.6. The van der Waals surface area contributed by atoms with Gasteiger partial charge in [-0.25, -0.2) is 4.39 Å². The molecule has 13 heteroatoms. The molecule has 1 saturated carbocycles. The van der Waals surface area contributed by atoms with Gasteiger partial charge in [0.05, 0.1) is 23.2 Å². The van der Waals surface area contributed by atoms with Crippen molar-refractivity contribution in [2.24, 2.45) is 22.9 Å². The van der Waals surface area contributed by atoms with Crippen LogP contribution in [0.3, 0.4) is 0 Å². The van der Waals surface area contributed by atoms with Gasteiger partial charge >= 0.3 is 0 Å². The maximum Gasteiger partial charge on any atom is 0.269 e. The highest BCUT2D eigenvalue weighted by molar-refractivity contribution is 6.03. The Balaban J connectivity index is 1.43. The summed E-state index contributed by atoms with van der Waals surface area (Å²) in [5, 5.41) is 35.9. The Morgan fingerprint density at radius 1 is 0.969 bits per heavy atom. The highest BCUT2D eigenvalue weighted by Gasteiger charge is 2.65. The number of aliphatic hydroxyl groups excluding tert-OH is 2. The third-order valence-corrected chi connectivity index (χ3v) is 13.0. The van der Waals surface area contributed by atoms with Gasteiger partial charge in [0, 0.05) is 55.9 Å². The van der Waals surface area contributed by atoms with Crippen LogP contribution in [0.2, 0.25) is 0 Å². The van der Waals surface area contributed by atoms with E-state index in [1.54, 1.807) is 41.3 Å². The van der Waals surface area contributed by atoms with E-state index in [2.05, 4.69) is 24.7 Å². The molecule has 4 aromatic carbocycles. The van der Waals surface area contributed by atoms with Crippen LogP contribution < -0.4 is 9.47 Å². The van der Waals surface area contributed by atoms with Gasteiger partial charge in [0.25, 0.3) is 5.69 Å². The van der Waals surface area contributed by atoms with E-state index in [0.717, 1.165) is 47.9 Å². The average Bonchev–Trinajstić information content (AvgIpc) is 3.30. The number of carbonyl (C=O) groups is 1. The highest BCUT2D eigenvalue weighted by Crippen LogP contribution is 2.62. The molecule has 342 valence electrons. The number of amides is 1. The maximum absolute atomic E-state index is 15.0. The minimum absolute atomic E-state index is 0.00829. The number of oxime groups is 1. The topological polar surface area (TPSA) is 153 Å². The molecule has 6 atom stereocenters. The molecule has 2 N–H and O–H groups in total. The third kappa shape index (κ3) is 10.4. The number of nitrogens with zero attached hydrogens (tertiary/aromatic N) is 3. The molecule has 12 nitrogen and oxygen atoms in total. The number of allylic oxidation sites excluding steroid dienone is 1. The highest BCUT2D eigenvalue weighted by atomic mass is 19.1. The molecule has 3 aliphatic rings. The lowest BCUT2D eigenvalue weighted by Gasteiger charge is -2.60. The van der Waals surface area contributed by atoms with E-state index in [0.29, 0.717) is 46.9 Å². The van der Waals surface area contributed by atoms with Crippen LogP contribution in [0.4, 0.5) is 10.1 Å². The summed E-state index contributed by atoms with van der Waals surface area (Å²) in [6.45, 7) is 8.35. The number of ether oxygens (including phenoxy) is 3. The number of aryl methyl sites for hydroxylation is 2. The molecule has 7 rings (SSSR count). The number of hydrogen-bond donors (Lipinski definition) is 2. The number of halogens is 1. The van der Waals surface area contributed by atoms with E-state index < -0.39 is 34.4 Å². The van der Waals surface area contributed by atoms with Crippen LogP contribution in [0, 0.1) is 47.5 Å². The van der Waals surface area contributed by atoms with Crippen LogP contribution in [0.15, 0.2) is 120 Å². The summed E-state index contributed by atoms with van der Waals surface area (Å²) < 4.78 is 35.3. The van der Waals surface area contributed by atoms with Gasteiger partial charge in [-0.15, -0.1) is 6.58 Å². The number of aliphatic hydroxyl groups is 2. The molecular weight excluding hydrogens is 830 g/mol. The van der Waals surface area contributed by atoms with Gasteiger partial charge in [0.1, 0.15) is 36.2 Å². The Morgan fingerprint density at radius 3 is 2.35 bits per heavy atom. The Hall–Kier alpha value is -6.15. The largest absolute Gasteiger partial charge is 0.459 e. The SMILES string of the molecule is C=CCO[C@@]12Oc3ccc(Oc4ccc(C)c(C)c4)cc3[C@H]3[C@H](CCCCO)[C@@H](CCCCO)C=C(C(=NOC)C[C@@H]1N(Cc1ccc(F)cc1)C(=O)C=Cc1ccc([N+](=O)[O-])cc1)[C@H]32. The number of rotatable bonds is 20. The molecule has 0 aromatic heterocycles. The first-order chi connectivity index (χ1) is 31.5. The fourth-order valence-corrected chi connectivity index (χ4v) is 9.83. The van der Waals surface area contributed by atoms with E-state index in [1.165, 1.54) is 37.5 Å². The average molecular weight is 888 g/mol. The van der Waals surface area contributed by atoms with Crippen molar-refractivity contribution in [3.63, 3.8) is 0 Å². The first-order valence-electron chi connectivity index (χ1n) is 22.3. The lowest BCUT2D eigenvalue weighted by atomic mass is 9.55. The van der Waals surface area contributed by atoms with E-state index in [4.69, 9.17) is 19.0 Å². The maximum atomic E-state index is 15.0. The van der Waals surface area contributed by atoms with Crippen molar-refractivity contribution in [1.82, 2.24) is 4.90 Å². The fraction of sp³-hybridized carbons (Fsp3) is 0.385. The van der Waals surface area contributed by atoms with Crippen LogP contribution in [-0.2, 0) is 20.9 Å². The van der Waals surface area contributed by atoms with Gasteiger partial charge in [0.2, 0.25) is 11.7 Å². The van der Waals surface area contributed by atoms with Crippen molar-refractivity contribution in [2.45, 2.75) is 83.1 Å². The smallest absolute Gasteiger partial charge is 0.269 e. The van der Waals surface area contributed by atoms with E-state index in [9.17, 15) is 29.5 Å². The lowest BCUT2D eigenvalue weighted by Crippen LogP contribution is -2.70. The van der Waals surface area contributed by atoms with Crippen LogP contribution >= 0.6 is 0 Å². The van der Waals surface area contributed by atoms with Gasteiger partial charge < -0.3 is 34.2 Å². The summed E-state index contributed by atoms with van der Waals surface area (Å²) in [6, 6.07) is 22.8. The van der Waals surface area contributed by atoms with Gasteiger partial charge in [-0.3, -0.25) is 14.9 Å². The molecule has 0 radical (unpaired) electrons. The molecule has 1 fully saturated rings. The summed E-state index contributed by atoms with van der Waals surface area (Å²) >= 11 is 0. The molecule has 0 bridgehead atoms. The minimum Gasteiger partial charge on any atom is -0.459 e. The predicted molar refractivity (Wildman–Crippen MR) is 247 cm³/mol. The van der Waals surface area contributed by atoms with Crippen LogP contribution in [0.1, 0.15) is 78.7 Å². The standard InChI is InChI=1S/C52H58FN3O9/c1-5-28-63-52-48(55(33-37-13-18-39(53)19-14-37)49(59)25-17-36-15-20-40(21-16-36)56(60)61)32-46(54-62-4)44-30-38(10-6-8-26-57)43(11-7-9-27-58)50(51(44)52)45-31-42(23-24-47(45)65-52)64-41-22-12-34(2)35(3)29-41/h5,12-25,29-31,38,43,48,50-51,57-58H,1,6-11,26-28,32-33H2,2-4H3/t38-,43+,48-,50+,51+,52+/m0/s1. The number of benzene rings is 4. The zero-order chi connectivity index (χ0) is 46.1. The summed E-state index contributed by atoms with van der Waals surface area (Å²) in [5.41, 5.74) is 5.83. The first-order valence-corrected chi connectivity index (χ1v) is 22.3. The molecule has 0 unspecified atom stereocenters. The molecular formula is C52H58FN3O9. The molecule has 0 saturated heterocycles. The van der Waals surface area contributed by atoms with Gasteiger partial charge in [-0.05, 0) is 140 Å². The third-order valence-electron chi connectivity index (χ3n) is 13.0. The molecule has 1 aliphatic heterocycles. The van der Waals surface area contributed by atoms with E-state index >= 15 is 0 Å². The summed E-state index contributed by atoms with van der Waals surface area (Å²) in [4.78, 5) is 33.2.